The summed E-state index contributed by atoms with van der Waals surface area (Å²) in [5.74, 6) is -0.970. The van der Waals surface area contributed by atoms with E-state index in [2.05, 4.69) is 0 Å². The number of rotatable bonds is 5. The number of alkyl halides is 3. The Hall–Kier alpha value is -2.94. The first-order valence-corrected chi connectivity index (χ1v) is 7.02. The molecule has 2 rings (SSSR count). The summed E-state index contributed by atoms with van der Waals surface area (Å²) in [4.78, 5) is 22.0. The van der Waals surface area contributed by atoms with E-state index in [0.717, 1.165) is 24.3 Å². The Morgan fingerprint density at radius 1 is 1.12 bits per heavy atom. The number of nitrogens with one attached hydrogen (secondary N) is 1. The Labute approximate surface area is 140 Å². The lowest BCUT2D eigenvalue weighted by Gasteiger charge is -2.31. The quantitative estimate of drug-likeness (QED) is 0.638. The van der Waals surface area contributed by atoms with Crippen molar-refractivity contribution in [3.05, 3.63) is 75.8 Å². The minimum atomic E-state index is -5.04. The van der Waals surface area contributed by atoms with Gasteiger partial charge in [0.1, 0.15) is 0 Å². The van der Waals surface area contributed by atoms with Crippen molar-refractivity contribution >= 4 is 11.6 Å². The molecule has 25 heavy (non-hydrogen) atoms. The summed E-state index contributed by atoms with van der Waals surface area (Å²) in [7, 11) is 0. The van der Waals surface area contributed by atoms with Gasteiger partial charge in [-0.05, 0) is 11.6 Å². The van der Waals surface area contributed by atoms with Crippen molar-refractivity contribution in [2.45, 2.75) is 11.8 Å². The molecule has 0 aromatic heterocycles. The predicted molar refractivity (Wildman–Crippen MR) is 81.8 cm³/mol. The number of non-ortho nitro benzene ring substituents is 1. The summed E-state index contributed by atoms with van der Waals surface area (Å²) >= 11 is 0. The standard InChI is InChI=1S/C16H13F3N2O4/c17-16(18,19)15(23,12-6-2-1-3-7-12)10-20-14(22)11-5-4-8-13(9-11)21(24)25/h1-9,23H,10H2,(H,20,22). The van der Waals surface area contributed by atoms with Crippen molar-refractivity contribution in [3.8, 4) is 0 Å². The van der Waals surface area contributed by atoms with Crippen LogP contribution in [0.5, 0.6) is 0 Å². The van der Waals surface area contributed by atoms with E-state index in [-0.39, 0.29) is 11.3 Å². The molecule has 2 aromatic carbocycles. The van der Waals surface area contributed by atoms with Gasteiger partial charge in [0.05, 0.1) is 11.5 Å². The third-order valence-electron chi connectivity index (χ3n) is 3.54. The summed E-state index contributed by atoms with van der Waals surface area (Å²) in [6.45, 7) is -1.14. The Morgan fingerprint density at radius 2 is 1.76 bits per heavy atom. The first-order chi connectivity index (χ1) is 11.6. The van der Waals surface area contributed by atoms with Crippen molar-refractivity contribution < 1.29 is 28.0 Å². The van der Waals surface area contributed by atoms with Crippen molar-refractivity contribution in [3.63, 3.8) is 0 Å². The number of aliphatic hydroxyl groups is 1. The van der Waals surface area contributed by atoms with Gasteiger partial charge in [-0.25, -0.2) is 0 Å². The number of nitrogens with zero attached hydrogens (tertiary/aromatic N) is 1. The second-order valence-corrected chi connectivity index (χ2v) is 5.21. The van der Waals surface area contributed by atoms with E-state index in [9.17, 15) is 33.2 Å². The maximum Gasteiger partial charge on any atom is 0.423 e. The van der Waals surface area contributed by atoms with Crippen LogP contribution in [0.3, 0.4) is 0 Å². The molecule has 1 atom stereocenters. The fourth-order valence-corrected chi connectivity index (χ4v) is 2.15. The van der Waals surface area contributed by atoms with Crippen molar-refractivity contribution in [2.75, 3.05) is 6.54 Å². The summed E-state index contributed by atoms with van der Waals surface area (Å²) < 4.78 is 40.0. The van der Waals surface area contributed by atoms with Crippen LogP contribution in [0.2, 0.25) is 0 Å². The molecule has 0 saturated carbocycles. The lowest BCUT2D eigenvalue weighted by Crippen LogP contribution is -2.51. The normalized spacial score (nSPS) is 13.8. The molecule has 1 amide bonds. The van der Waals surface area contributed by atoms with Gasteiger partial charge in [-0.1, -0.05) is 36.4 Å². The highest BCUT2D eigenvalue weighted by Crippen LogP contribution is 2.38. The number of hydrogen-bond acceptors (Lipinski definition) is 4. The van der Waals surface area contributed by atoms with Crippen LogP contribution in [0.4, 0.5) is 18.9 Å². The van der Waals surface area contributed by atoms with Gasteiger partial charge in [0.25, 0.3) is 11.6 Å². The molecule has 0 spiro atoms. The average Bonchev–Trinajstić information content (AvgIpc) is 2.59. The molecule has 6 nitrogen and oxygen atoms in total. The Morgan fingerprint density at radius 3 is 2.32 bits per heavy atom. The molecule has 0 fully saturated rings. The fourth-order valence-electron chi connectivity index (χ4n) is 2.15. The summed E-state index contributed by atoms with van der Waals surface area (Å²) in [6.07, 6.45) is -5.04. The van der Waals surface area contributed by atoms with E-state index < -0.39 is 34.7 Å². The number of nitro groups is 1. The highest BCUT2D eigenvalue weighted by molar-refractivity contribution is 5.94. The summed E-state index contributed by atoms with van der Waals surface area (Å²) in [6, 6.07) is 10.9. The zero-order chi connectivity index (χ0) is 18.7. The van der Waals surface area contributed by atoms with E-state index >= 15 is 0 Å². The smallest absolute Gasteiger partial charge is 0.375 e. The molecule has 2 N–H and O–H groups in total. The SMILES string of the molecule is O=C(NCC(O)(c1ccccc1)C(F)(F)F)c1cccc([N+](=O)[O-])c1. The van der Waals surface area contributed by atoms with Gasteiger partial charge in [0.15, 0.2) is 0 Å². The molecule has 0 saturated heterocycles. The first-order valence-electron chi connectivity index (χ1n) is 7.02. The molecule has 0 radical (unpaired) electrons. The minimum Gasteiger partial charge on any atom is -0.375 e. The van der Waals surface area contributed by atoms with Crippen LogP contribution in [-0.4, -0.2) is 28.7 Å². The van der Waals surface area contributed by atoms with Crippen molar-refractivity contribution in [1.82, 2.24) is 5.32 Å². The van der Waals surface area contributed by atoms with E-state index in [1.54, 1.807) is 0 Å². The fraction of sp³-hybridized carbons (Fsp3) is 0.188. The second-order valence-electron chi connectivity index (χ2n) is 5.21. The number of hydrogen-bond donors (Lipinski definition) is 2. The minimum absolute atomic E-state index is 0.188. The van der Waals surface area contributed by atoms with Gasteiger partial charge in [-0.2, -0.15) is 13.2 Å². The molecule has 9 heteroatoms. The molecule has 0 bridgehead atoms. The lowest BCUT2D eigenvalue weighted by molar-refractivity contribution is -0.384. The molecule has 1 unspecified atom stereocenters. The monoisotopic (exact) mass is 354 g/mol. The third-order valence-corrected chi connectivity index (χ3v) is 3.54. The van der Waals surface area contributed by atoms with Crippen LogP contribution in [0.1, 0.15) is 15.9 Å². The Bertz CT molecular complexity index is 780. The van der Waals surface area contributed by atoms with Crippen LogP contribution in [0.15, 0.2) is 54.6 Å². The van der Waals surface area contributed by atoms with E-state index in [1.807, 2.05) is 5.32 Å². The van der Waals surface area contributed by atoms with Crippen LogP contribution in [-0.2, 0) is 5.60 Å². The molecule has 0 aliphatic carbocycles. The highest BCUT2D eigenvalue weighted by atomic mass is 19.4. The van der Waals surface area contributed by atoms with Gasteiger partial charge >= 0.3 is 6.18 Å². The predicted octanol–water partition coefficient (Wildman–Crippen LogP) is 2.77. The molecular formula is C16H13F3N2O4. The number of carbonyl (C=O) groups is 1. The summed E-state index contributed by atoms with van der Waals surface area (Å²) in [5.41, 5.74) is -4.28. The molecular weight excluding hydrogens is 341 g/mol. The summed E-state index contributed by atoms with van der Waals surface area (Å²) in [5, 5.41) is 22.8. The van der Waals surface area contributed by atoms with Crippen molar-refractivity contribution in [1.29, 1.82) is 0 Å². The van der Waals surface area contributed by atoms with Gasteiger partial charge in [-0.3, -0.25) is 14.9 Å². The van der Waals surface area contributed by atoms with E-state index in [0.29, 0.717) is 0 Å². The Kier molecular flexibility index (Phi) is 5.07. The van der Waals surface area contributed by atoms with Gasteiger partial charge < -0.3 is 10.4 Å². The largest absolute Gasteiger partial charge is 0.423 e. The number of benzene rings is 2. The highest BCUT2D eigenvalue weighted by Gasteiger charge is 2.55. The van der Waals surface area contributed by atoms with Gasteiger partial charge in [-0.15, -0.1) is 0 Å². The van der Waals surface area contributed by atoms with Crippen LogP contribution in [0.25, 0.3) is 0 Å². The first kappa shape index (κ1) is 18.4. The lowest BCUT2D eigenvalue weighted by atomic mass is 9.93. The molecule has 0 heterocycles. The number of nitro benzene ring substituents is 1. The van der Waals surface area contributed by atoms with Gasteiger partial charge in [0.2, 0.25) is 5.60 Å². The maximum atomic E-state index is 13.3. The molecule has 0 aliphatic rings. The molecule has 132 valence electrons. The topological polar surface area (TPSA) is 92.5 Å². The van der Waals surface area contributed by atoms with Crippen LogP contribution >= 0.6 is 0 Å². The van der Waals surface area contributed by atoms with E-state index in [4.69, 9.17) is 0 Å². The average molecular weight is 354 g/mol. The second kappa shape index (κ2) is 6.89. The molecule has 2 aromatic rings. The maximum absolute atomic E-state index is 13.3. The van der Waals surface area contributed by atoms with Gasteiger partial charge in [0, 0.05) is 17.7 Å². The zero-order valence-corrected chi connectivity index (χ0v) is 12.7. The third kappa shape index (κ3) is 3.94. The van der Waals surface area contributed by atoms with Crippen LogP contribution in [0, 0.1) is 10.1 Å². The van der Waals surface area contributed by atoms with Crippen molar-refractivity contribution in [2.24, 2.45) is 0 Å². The number of amides is 1. The number of carbonyl (C=O) groups excluding carboxylic acids is 1. The number of halogens is 3. The zero-order valence-electron chi connectivity index (χ0n) is 12.7. The Balaban J connectivity index is 2.23. The van der Waals surface area contributed by atoms with Crippen LogP contribution < -0.4 is 5.32 Å². The van der Waals surface area contributed by atoms with E-state index in [1.165, 1.54) is 30.3 Å². The molecule has 0 aliphatic heterocycles.